The molecule has 2 saturated heterocycles. The van der Waals surface area contributed by atoms with Gasteiger partial charge in [0.15, 0.2) is 0 Å². The third kappa shape index (κ3) is 2.30. The highest BCUT2D eigenvalue weighted by Crippen LogP contribution is 2.28. The number of hydrogen-bond acceptors (Lipinski definition) is 4. The number of nitrogens with zero attached hydrogens (tertiary/aromatic N) is 3. The Morgan fingerprint density at radius 2 is 2.32 bits per heavy atom. The number of piperazine rings is 1. The normalized spacial score (nSPS) is 27.3. The molecule has 3 heterocycles. The molecule has 1 aromatic rings. The van der Waals surface area contributed by atoms with Crippen LogP contribution in [0.1, 0.15) is 25.5 Å². The summed E-state index contributed by atoms with van der Waals surface area (Å²) >= 11 is 0. The van der Waals surface area contributed by atoms with E-state index in [9.17, 15) is 0 Å². The van der Waals surface area contributed by atoms with Crippen molar-refractivity contribution in [3.8, 4) is 0 Å². The van der Waals surface area contributed by atoms with Crippen LogP contribution < -0.4 is 10.6 Å². The van der Waals surface area contributed by atoms with Gasteiger partial charge in [-0.15, -0.1) is 0 Å². The first-order valence-corrected chi connectivity index (χ1v) is 6.96. The largest absolute Gasteiger partial charge is 0.382 e. The summed E-state index contributed by atoms with van der Waals surface area (Å²) < 4.78 is 0. The van der Waals surface area contributed by atoms with Gasteiger partial charge in [-0.3, -0.25) is 15.3 Å². The van der Waals surface area contributed by atoms with Crippen LogP contribution in [0.5, 0.6) is 0 Å². The van der Waals surface area contributed by atoms with Gasteiger partial charge in [0.25, 0.3) is 0 Å². The van der Waals surface area contributed by atoms with Crippen molar-refractivity contribution in [2.45, 2.75) is 31.8 Å². The molecular formula is C14H21N5. The maximum atomic E-state index is 7.50. The lowest BCUT2D eigenvalue weighted by molar-refractivity contribution is 0.203. The van der Waals surface area contributed by atoms with Gasteiger partial charge in [0.2, 0.25) is 0 Å². The second kappa shape index (κ2) is 4.81. The fourth-order valence-corrected chi connectivity index (χ4v) is 3.29. The van der Waals surface area contributed by atoms with Gasteiger partial charge in [-0.05, 0) is 38.4 Å². The molecule has 3 N–H and O–H groups in total. The van der Waals surface area contributed by atoms with Crippen molar-refractivity contribution in [1.82, 2.24) is 9.88 Å². The summed E-state index contributed by atoms with van der Waals surface area (Å²) in [7, 11) is 0. The lowest BCUT2D eigenvalue weighted by atomic mass is 10.1. The predicted molar refractivity (Wildman–Crippen MR) is 76.7 cm³/mol. The number of aromatic nitrogens is 1. The molecule has 0 spiro atoms. The van der Waals surface area contributed by atoms with Crippen molar-refractivity contribution < 1.29 is 0 Å². The van der Waals surface area contributed by atoms with E-state index in [-0.39, 0.29) is 5.84 Å². The number of hydrogen-bond donors (Lipinski definition) is 2. The predicted octanol–water partition coefficient (Wildman–Crippen LogP) is 1.04. The Labute approximate surface area is 113 Å². The average Bonchev–Trinajstić information content (AvgIpc) is 2.85. The lowest BCUT2D eigenvalue weighted by Crippen LogP contribution is -2.55. The van der Waals surface area contributed by atoms with E-state index in [4.69, 9.17) is 11.1 Å². The molecule has 3 rings (SSSR count). The minimum absolute atomic E-state index is 0.0361. The van der Waals surface area contributed by atoms with E-state index in [2.05, 4.69) is 21.7 Å². The third-order valence-electron chi connectivity index (χ3n) is 4.29. The summed E-state index contributed by atoms with van der Waals surface area (Å²) in [4.78, 5) is 9.18. The Bertz CT molecular complexity index is 486. The Morgan fingerprint density at radius 1 is 1.47 bits per heavy atom. The number of amidine groups is 1. The third-order valence-corrected chi connectivity index (χ3v) is 4.29. The van der Waals surface area contributed by atoms with Gasteiger partial charge in [-0.25, -0.2) is 0 Å². The van der Waals surface area contributed by atoms with Crippen molar-refractivity contribution in [3.05, 3.63) is 24.0 Å². The van der Waals surface area contributed by atoms with Gasteiger partial charge in [-0.2, -0.15) is 0 Å². The van der Waals surface area contributed by atoms with Crippen LogP contribution in [0.3, 0.4) is 0 Å². The summed E-state index contributed by atoms with van der Waals surface area (Å²) in [5, 5.41) is 7.50. The highest BCUT2D eigenvalue weighted by Gasteiger charge is 2.34. The number of nitrogen functional groups attached to an aromatic ring is 1. The number of nitrogens with one attached hydrogen (secondary N) is 1. The molecule has 2 fully saturated rings. The van der Waals surface area contributed by atoms with Crippen LogP contribution in [0.25, 0.3) is 0 Å². The number of anilines is 1. The standard InChI is InChI=1S/C14H21N5/c1-10-8-18-6-2-3-12(18)9-19(10)11-4-5-17-13(7-11)14(15)16/h4-5,7,10,12H,2-3,6,8-9H2,1H3,(H3,15,16). The molecular weight excluding hydrogens is 238 g/mol. The van der Waals surface area contributed by atoms with E-state index in [1.165, 1.54) is 19.4 Å². The van der Waals surface area contributed by atoms with Crippen molar-refractivity contribution >= 4 is 11.5 Å². The molecule has 2 aliphatic heterocycles. The van der Waals surface area contributed by atoms with E-state index >= 15 is 0 Å². The molecule has 0 saturated carbocycles. The zero-order valence-corrected chi connectivity index (χ0v) is 11.3. The van der Waals surface area contributed by atoms with Gasteiger partial charge in [0, 0.05) is 37.1 Å². The second-order valence-electron chi connectivity index (χ2n) is 5.61. The summed E-state index contributed by atoms with van der Waals surface area (Å²) in [5.41, 5.74) is 7.23. The van der Waals surface area contributed by atoms with Gasteiger partial charge < -0.3 is 10.6 Å². The van der Waals surface area contributed by atoms with Crippen LogP contribution in [-0.2, 0) is 0 Å². The molecule has 102 valence electrons. The molecule has 19 heavy (non-hydrogen) atoms. The first kappa shape index (κ1) is 12.4. The second-order valence-corrected chi connectivity index (χ2v) is 5.61. The van der Waals surface area contributed by atoms with E-state index in [0.29, 0.717) is 17.8 Å². The lowest BCUT2D eigenvalue weighted by Gasteiger charge is -2.43. The number of pyridine rings is 1. The first-order chi connectivity index (χ1) is 9.15. The molecule has 0 radical (unpaired) electrons. The molecule has 2 aliphatic rings. The van der Waals surface area contributed by atoms with Crippen LogP contribution >= 0.6 is 0 Å². The molecule has 2 atom stereocenters. The van der Waals surface area contributed by atoms with Crippen molar-refractivity contribution in [2.75, 3.05) is 24.5 Å². The minimum atomic E-state index is 0.0361. The molecule has 0 aromatic carbocycles. The average molecular weight is 259 g/mol. The van der Waals surface area contributed by atoms with Crippen LogP contribution in [0.4, 0.5) is 5.69 Å². The summed E-state index contributed by atoms with van der Waals surface area (Å²) in [6, 6.07) is 5.14. The number of fused-ring (bicyclic) bond motifs is 1. The number of nitrogens with two attached hydrogens (primary N) is 1. The highest BCUT2D eigenvalue weighted by molar-refractivity contribution is 5.93. The monoisotopic (exact) mass is 259 g/mol. The SMILES string of the molecule is CC1CN2CCCC2CN1c1ccnc(C(=N)N)c1. The fraction of sp³-hybridized carbons (Fsp3) is 0.571. The van der Waals surface area contributed by atoms with Crippen LogP contribution in [0.15, 0.2) is 18.3 Å². The fourth-order valence-electron chi connectivity index (χ4n) is 3.29. The Balaban J connectivity index is 1.84. The Kier molecular flexibility index (Phi) is 3.14. The van der Waals surface area contributed by atoms with Crippen molar-refractivity contribution in [2.24, 2.45) is 5.73 Å². The van der Waals surface area contributed by atoms with Crippen LogP contribution in [0.2, 0.25) is 0 Å². The van der Waals surface area contributed by atoms with E-state index in [1.54, 1.807) is 6.20 Å². The summed E-state index contributed by atoms with van der Waals surface area (Å²) in [6.07, 6.45) is 4.37. The van der Waals surface area contributed by atoms with Gasteiger partial charge >= 0.3 is 0 Å². The topological polar surface area (TPSA) is 69.2 Å². The maximum absolute atomic E-state index is 7.50. The van der Waals surface area contributed by atoms with Gasteiger partial charge in [0.05, 0.1) is 0 Å². The zero-order valence-electron chi connectivity index (χ0n) is 11.3. The molecule has 5 heteroatoms. The Hall–Kier alpha value is -1.62. The summed E-state index contributed by atoms with van der Waals surface area (Å²) in [6.45, 7) is 5.71. The van der Waals surface area contributed by atoms with E-state index < -0.39 is 0 Å². The van der Waals surface area contributed by atoms with Gasteiger partial charge in [0.1, 0.15) is 11.5 Å². The molecule has 0 aliphatic carbocycles. The smallest absolute Gasteiger partial charge is 0.141 e. The van der Waals surface area contributed by atoms with Crippen LogP contribution in [0, 0.1) is 5.41 Å². The number of rotatable bonds is 2. The molecule has 2 unspecified atom stereocenters. The molecule has 0 bridgehead atoms. The quantitative estimate of drug-likeness (QED) is 0.615. The van der Waals surface area contributed by atoms with Crippen molar-refractivity contribution in [3.63, 3.8) is 0 Å². The van der Waals surface area contributed by atoms with Crippen LogP contribution in [-0.4, -0.2) is 47.4 Å². The molecule has 0 amide bonds. The zero-order chi connectivity index (χ0) is 13.4. The van der Waals surface area contributed by atoms with E-state index in [0.717, 1.165) is 18.8 Å². The first-order valence-electron chi connectivity index (χ1n) is 6.96. The van der Waals surface area contributed by atoms with Crippen molar-refractivity contribution in [1.29, 1.82) is 5.41 Å². The maximum Gasteiger partial charge on any atom is 0.141 e. The molecule has 5 nitrogen and oxygen atoms in total. The molecule has 1 aromatic heterocycles. The van der Waals surface area contributed by atoms with Gasteiger partial charge in [-0.1, -0.05) is 0 Å². The van der Waals surface area contributed by atoms with E-state index in [1.807, 2.05) is 12.1 Å². The minimum Gasteiger partial charge on any atom is -0.382 e. The summed E-state index contributed by atoms with van der Waals surface area (Å²) in [5.74, 6) is 0.0361. The highest BCUT2D eigenvalue weighted by atomic mass is 15.3. The Morgan fingerprint density at radius 3 is 3.11 bits per heavy atom.